The van der Waals surface area contributed by atoms with Gasteiger partial charge in [-0.2, -0.15) is 23.5 Å². The summed E-state index contributed by atoms with van der Waals surface area (Å²) < 4.78 is 0. The van der Waals surface area contributed by atoms with E-state index in [9.17, 15) is 34.2 Å². The molecule has 0 heterocycles. The molecule has 0 aromatic heterocycles. The third-order valence-electron chi connectivity index (χ3n) is 5.26. The van der Waals surface area contributed by atoms with Crippen molar-refractivity contribution in [2.75, 3.05) is 95.0 Å². The van der Waals surface area contributed by atoms with Crippen LogP contribution in [0.2, 0.25) is 0 Å². The Kier molecular flexibility index (Phi) is 23.4. The Labute approximate surface area is 244 Å². The molecular formula is C24H44N5O9S2. The van der Waals surface area contributed by atoms with Crippen molar-refractivity contribution < 1.29 is 44.4 Å². The number of amides is 1. The van der Waals surface area contributed by atoms with E-state index < -0.39 is 50.1 Å². The monoisotopic (exact) mass is 610 g/mol. The topological polar surface area (TPSA) is 214 Å². The molecule has 0 unspecified atom stereocenters. The summed E-state index contributed by atoms with van der Waals surface area (Å²) in [6, 6.07) is 0. The zero-order chi connectivity index (χ0) is 30.2. The highest BCUT2D eigenvalue weighted by Gasteiger charge is 2.19. The maximum absolute atomic E-state index is 12.4. The molecule has 231 valence electrons. The first kappa shape index (κ1) is 37.9. The molecule has 0 saturated heterocycles. The van der Waals surface area contributed by atoms with Gasteiger partial charge in [-0.15, -0.1) is 0 Å². The number of hydrogen-bond acceptors (Lipinski definition) is 11. The van der Waals surface area contributed by atoms with Gasteiger partial charge < -0.3 is 31.5 Å². The lowest BCUT2D eigenvalue weighted by molar-refractivity contribution is -0.143. The van der Waals surface area contributed by atoms with E-state index >= 15 is 0 Å². The standard InChI is InChI=1S/C24H44N5O9S2/c25-5-13-39-11-3-1-2-4-12-40-14-6-26-20(30)15-28(17-22(33)34)9-7-27(16-21(31)32)8-10-29(18-23(35)36)19-24(37)38/h2H,1,3-19,25H2,(H,26,30)(H,31,32)(H,33,34)(H,35,36)(H,37,38). The zero-order valence-corrected chi connectivity index (χ0v) is 24.5. The number of thioether (sulfide) groups is 2. The van der Waals surface area contributed by atoms with E-state index in [1.807, 2.05) is 11.8 Å². The number of carbonyl (C=O) groups excluding carboxylic acids is 1. The van der Waals surface area contributed by atoms with Crippen molar-refractivity contribution in [1.82, 2.24) is 20.0 Å². The molecule has 0 aliphatic carbocycles. The minimum Gasteiger partial charge on any atom is -0.480 e. The Morgan fingerprint density at radius 2 is 1.10 bits per heavy atom. The number of nitrogens with two attached hydrogens (primary N) is 1. The van der Waals surface area contributed by atoms with Crippen molar-refractivity contribution in [2.45, 2.75) is 19.3 Å². The predicted octanol–water partition coefficient (Wildman–Crippen LogP) is -0.853. The predicted molar refractivity (Wildman–Crippen MR) is 155 cm³/mol. The largest absolute Gasteiger partial charge is 0.480 e. The average Bonchev–Trinajstić information content (AvgIpc) is 2.84. The van der Waals surface area contributed by atoms with E-state index in [0.717, 1.165) is 47.2 Å². The van der Waals surface area contributed by atoms with Gasteiger partial charge in [0.1, 0.15) is 0 Å². The molecule has 0 rings (SSSR count). The molecule has 0 bridgehead atoms. The molecule has 0 aromatic carbocycles. The van der Waals surface area contributed by atoms with Gasteiger partial charge in [-0.1, -0.05) is 0 Å². The van der Waals surface area contributed by atoms with Gasteiger partial charge in [0, 0.05) is 50.8 Å². The highest BCUT2D eigenvalue weighted by Crippen LogP contribution is 2.09. The first-order valence-electron chi connectivity index (χ1n) is 13.0. The lowest BCUT2D eigenvalue weighted by Crippen LogP contribution is -2.46. The lowest BCUT2D eigenvalue weighted by Gasteiger charge is -2.27. The first-order valence-corrected chi connectivity index (χ1v) is 15.3. The van der Waals surface area contributed by atoms with E-state index in [4.69, 9.17) is 15.9 Å². The van der Waals surface area contributed by atoms with Gasteiger partial charge in [-0.3, -0.25) is 38.7 Å². The van der Waals surface area contributed by atoms with Gasteiger partial charge in [0.2, 0.25) is 5.91 Å². The van der Waals surface area contributed by atoms with E-state index in [0.29, 0.717) is 13.1 Å². The second-order valence-corrected chi connectivity index (χ2v) is 11.3. The lowest BCUT2D eigenvalue weighted by atomic mass is 10.2. The zero-order valence-electron chi connectivity index (χ0n) is 22.9. The third-order valence-corrected chi connectivity index (χ3v) is 7.38. The second-order valence-electron chi connectivity index (χ2n) is 8.86. The van der Waals surface area contributed by atoms with Crippen molar-refractivity contribution in [3.8, 4) is 0 Å². The van der Waals surface area contributed by atoms with E-state index in [2.05, 4.69) is 11.7 Å². The summed E-state index contributed by atoms with van der Waals surface area (Å²) in [6.45, 7) is -0.745. The molecule has 0 atom stereocenters. The van der Waals surface area contributed by atoms with Crippen LogP contribution in [0.5, 0.6) is 0 Å². The molecule has 0 fully saturated rings. The van der Waals surface area contributed by atoms with Crippen LogP contribution in [0.1, 0.15) is 19.3 Å². The highest BCUT2D eigenvalue weighted by atomic mass is 32.2. The molecule has 0 aliphatic rings. The minimum absolute atomic E-state index is 0.0193. The maximum Gasteiger partial charge on any atom is 0.317 e. The maximum atomic E-state index is 12.4. The molecule has 0 aliphatic heterocycles. The Bertz CT molecular complexity index is 748. The number of carbonyl (C=O) groups is 5. The quantitative estimate of drug-likeness (QED) is 0.0595. The molecule has 14 nitrogen and oxygen atoms in total. The number of nitrogens with one attached hydrogen (secondary N) is 1. The molecule has 1 amide bonds. The smallest absolute Gasteiger partial charge is 0.317 e. The molecule has 40 heavy (non-hydrogen) atoms. The van der Waals surface area contributed by atoms with Gasteiger partial charge in [0.05, 0.1) is 32.7 Å². The van der Waals surface area contributed by atoms with Crippen LogP contribution in [0.3, 0.4) is 0 Å². The Hall–Kier alpha value is -2.11. The molecule has 7 N–H and O–H groups in total. The number of rotatable bonds is 28. The summed E-state index contributed by atoms with van der Waals surface area (Å²) >= 11 is 3.58. The van der Waals surface area contributed by atoms with Crippen molar-refractivity contribution in [2.24, 2.45) is 5.73 Å². The summed E-state index contributed by atoms with van der Waals surface area (Å²) in [7, 11) is 0. The van der Waals surface area contributed by atoms with Gasteiger partial charge in [-0.25, -0.2) is 0 Å². The fourth-order valence-corrected chi connectivity index (χ4v) is 5.00. The number of hydrogen-bond donors (Lipinski definition) is 6. The summed E-state index contributed by atoms with van der Waals surface area (Å²) in [5.41, 5.74) is 5.46. The van der Waals surface area contributed by atoms with E-state index in [1.54, 1.807) is 11.8 Å². The molecule has 0 saturated carbocycles. The van der Waals surface area contributed by atoms with Gasteiger partial charge >= 0.3 is 23.9 Å². The highest BCUT2D eigenvalue weighted by molar-refractivity contribution is 7.99. The van der Waals surface area contributed by atoms with Crippen molar-refractivity contribution in [3.05, 3.63) is 6.42 Å². The van der Waals surface area contributed by atoms with Crippen molar-refractivity contribution >= 4 is 53.3 Å². The van der Waals surface area contributed by atoms with Gasteiger partial charge in [0.15, 0.2) is 0 Å². The third kappa shape index (κ3) is 24.9. The van der Waals surface area contributed by atoms with Crippen molar-refractivity contribution in [1.29, 1.82) is 0 Å². The van der Waals surface area contributed by atoms with Gasteiger partial charge in [-0.05, 0) is 37.2 Å². The average molecular weight is 611 g/mol. The number of nitrogens with zero attached hydrogens (tertiary/aromatic N) is 3. The van der Waals surface area contributed by atoms with E-state index in [-0.39, 0.29) is 38.6 Å². The SMILES string of the molecule is NCCSCCC[CH]CCSCCNC(=O)CN(CCN(CCN(CC(=O)O)CC(=O)O)CC(=O)O)CC(=O)O. The molecular weight excluding hydrogens is 566 g/mol. The normalized spacial score (nSPS) is 11.3. The van der Waals surface area contributed by atoms with Crippen molar-refractivity contribution in [3.63, 3.8) is 0 Å². The Balaban J connectivity index is 4.49. The van der Waals surface area contributed by atoms with Crippen LogP contribution in [-0.2, 0) is 24.0 Å². The summed E-state index contributed by atoms with van der Waals surface area (Å²) in [6.07, 6.45) is 5.47. The number of carboxylic acid groups (broad SMARTS) is 4. The van der Waals surface area contributed by atoms with Crippen LogP contribution in [0.15, 0.2) is 0 Å². The van der Waals surface area contributed by atoms with Crippen LogP contribution in [0, 0.1) is 6.42 Å². The fourth-order valence-electron chi connectivity index (χ4n) is 3.48. The van der Waals surface area contributed by atoms with Crippen LogP contribution >= 0.6 is 23.5 Å². The Morgan fingerprint density at radius 1 is 0.625 bits per heavy atom. The number of carboxylic acids is 4. The Morgan fingerprint density at radius 3 is 1.62 bits per heavy atom. The second kappa shape index (κ2) is 24.7. The van der Waals surface area contributed by atoms with Gasteiger partial charge in [0.25, 0.3) is 0 Å². The van der Waals surface area contributed by atoms with Crippen LogP contribution in [0.4, 0.5) is 0 Å². The summed E-state index contributed by atoms with van der Waals surface area (Å²) in [5, 5.41) is 39.1. The van der Waals surface area contributed by atoms with Crippen LogP contribution in [0.25, 0.3) is 0 Å². The fraction of sp³-hybridized carbons (Fsp3) is 0.750. The summed E-state index contributed by atoms with van der Waals surface area (Å²) in [4.78, 5) is 60.9. The van der Waals surface area contributed by atoms with Crippen LogP contribution < -0.4 is 11.1 Å². The first-order chi connectivity index (χ1) is 19.0. The minimum atomic E-state index is -1.22. The number of aliphatic carboxylic acids is 4. The van der Waals surface area contributed by atoms with E-state index in [1.165, 1.54) is 9.80 Å². The molecule has 0 aromatic rings. The molecule has 0 spiro atoms. The van der Waals surface area contributed by atoms with Crippen LogP contribution in [-0.4, -0.2) is 160 Å². The number of unbranched alkanes of at least 4 members (excludes halogenated alkanes) is 3. The molecule has 1 radical (unpaired) electrons. The summed E-state index contributed by atoms with van der Waals surface area (Å²) in [5.74, 6) is -1.30. The molecule has 16 heteroatoms.